The molecule has 1 aromatic heterocycles. The third kappa shape index (κ3) is 10.9. The highest BCUT2D eigenvalue weighted by molar-refractivity contribution is 7.99. The molecule has 0 saturated heterocycles. The van der Waals surface area contributed by atoms with Gasteiger partial charge in [0.15, 0.2) is 0 Å². The zero-order valence-electron chi connectivity index (χ0n) is 18.9. The van der Waals surface area contributed by atoms with Crippen molar-refractivity contribution in [2.24, 2.45) is 0 Å². The molecule has 0 unspecified atom stereocenters. The summed E-state index contributed by atoms with van der Waals surface area (Å²) in [5.74, 6) is 0.125. The van der Waals surface area contributed by atoms with Gasteiger partial charge in [0.2, 0.25) is 5.16 Å². The number of carbonyl (C=O) groups excluding carboxylic acids is 2. The van der Waals surface area contributed by atoms with E-state index in [4.69, 9.17) is 9.84 Å². The zero-order valence-corrected chi connectivity index (χ0v) is 19.7. The van der Waals surface area contributed by atoms with Crippen LogP contribution in [0.2, 0.25) is 0 Å². The number of rotatable bonds is 10. The number of aliphatic hydroxyl groups excluding tert-OH is 1. The molecule has 1 aromatic carbocycles. The zero-order chi connectivity index (χ0) is 23.8. The molecular weight excluding hydrogens is 432 g/mol. The smallest absolute Gasteiger partial charge is 0.330 e. The summed E-state index contributed by atoms with van der Waals surface area (Å²) >= 11 is 1.55. The maximum Gasteiger partial charge on any atom is 0.330 e. The molecule has 0 spiro atoms. The number of esters is 2. The van der Waals surface area contributed by atoms with E-state index in [0.29, 0.717) is 13.0 Å². The molecule has 0 atom stereocenters. The molecule has 0 radical (unpaired) electrons. The number of allylic oxidation sites excluding steroid dienone is 1. The number of hydrogen-bond donors (Lipinski definition) is 1. The van der Waals surface area contributed by atoms with Crippen molar-refractivity contribution in [3.63, 3.8) is 0 Å². The van der Waals surface area contributed by atoms with Crippen LogP contribution in [0, 0.1) is 0 Å². The number of carbonyl (C=O) groups is 2. The minimum Gasteiger partial charge on any atom is -0.466 e. The lowest BCUT2D eigenvalue weighted by Crippen LogP contribution is -2.01. The molecule has 2 rings (SSSR count). The van der Waals surface area contributed by atoms with Gasteiger partial charge in [-0.25, -0.2) is 9.59 Å². The van der Waals surface area contributed by atoms with Crippen LogP contribution in [0.5, 0.6) is 0 Å². The van der Waals surface area contributed by atoms with E-state index >= 15 is 0 Å². The number of hydrogen-bond acceptors (Lipinski definition) is 9. The lowest BCUT2D eigenvalue weighted by molar-refractivity contribution is -0.137. The molecule has 0 aliphatic heterocycles. The third-order valence-corrected chi connectivity index (χ3v) is 4.81. The average Bonchev–Trinajstić information content (AvgIpc) is 3.23. The normalized spacial score (nSPS) is 11.4. The molecule has 2 aromatic rings. The van der Waals surface area contributed by atoms with Crippen LogP contribution in [0.25, 0.3) is 5.69 Å². The van der Waals surface area contributed by atoms with Gasteiger partial charge in [0.05, 0.1) is 19.4 Å². The fraction of sp³-hybridized carbons (Fsp3) is 0.409. The molecule has 0 bridgehead atoms. The van der Waals surface area contributed by atoms with Crippen molar-refractivity contribution >= 4 is 23.7 Å². The van der Waals surface area contributed by atoms with Gasteiger partial charge in [-0.05, 0) is 56.2 Å². The van der Waals surface area contributed by atoms with Crippen molar-refractivity contribution in [2.75, 3.05) is 26.1 Å². The van der Waals surface area contributed by atoms with Gasteiger partial charge in [-0.3, -0.25) is 0 Å². The lowest BCUT2D eigenvalue weighted by Gasteiger charge is -2.04. The van der Waals surface area contributed by atoms with Crippen LogP contribution in [-0.4, -0.2) is 63.3 Å². The number of ether oxygens (including phenoxy) is 2. The summed E-state index contributed by atoms with van der Waals surface area (Å²) in [4.78, 5) is 21.9. The number of thioether (sulfide) groups is 1. The van der Waals surface area contributed by atoms with Crippen molar-refractivity contribution in [2.45, 2.75) is 38.8 Å². The number of aliphatic hydroxyl groups is 1. The maximum atomic E-state index is 11.3. The minimum atomic E-state index is -0.369. The number of methoxy groups -OCH3 is 1. The first-order chi connectivity index (χ1) is 15.4. The van der Waals surface area contributed by atoms with Crippen LogP contribution >= 0.6 is 11.8 Å². The van der Waals surface area contributed by atoms with E-state index in [0.717, 1.165) is 34.2 Å². The molecule has 0 saturated carbocycles. The summed E-state index contributed by atoms with van der Waals surface area (Å²) in [6.45, 7) is 5.94. The third-order valence-electron chi connectivity index (χ3n) is 3.89. The summed E-state index contributed by atoms with van der Waals surface area (Å²) in [6.07, 6.45) is 4.20. The van der Waals surface area contributed by atoms with Crippen LogP contribution in [0.4, 0.5) is 0 Å². The fourth-order valence-corrected chi connectivity index (χ4v) is 3.23. The van der Waals surface area contributed by atoms with Crippen molar-refractivity contribution < 1.29 is 24.2 Å². The van der Waals surface area contributed by atoms with E-state index in [2.05, 4.69) is 20.3 Å². The Morgan fingerprint density at radius 2 is 1.75 bits per heavy atom. The highest BCUT2D eigenvalue weighted by Crippen LogP contribution is 2.20. The molecular formula is C22H30N4O5S. The van der Waals surface area contributed by atoms with Crippen LogP contribution in [0.3, 0.4) is 0 Å². The number of tetrazole rings is 1. The van der Waals surface area contributed by atoms with Gasteiger partial charge >= 0.3 is 11.9 Å². The molecule has 174 valence electrons. The van der Waals surface area contributed by atoms with Gasteiger partial charge in [0.1, 0.15) is 0 Å². The average molecular weight is 463 g/mol. The molecule has 0 aliphatic rings. The quantitative estimate of drug-likeness (QED) is 0.323. The monoisotopic (exact) mass is 462 g/mol. The molecule has 0 fully saturated rings. The first-order valence-corrected chi connectivity index (χ1v) is 11.1. The van der Waals surface area contributed by atoms with Crippen LogP contribution in [0.1, 0.15) is 33.6 Å². The number of para-hydroxylation sites is 1. The lowest BCUT2D eigenvalue weighted by atomic mass is 10.2. The first kappa shape index (κ1) is 27.1. The van der Waals surface area contributed by atoms with Crippen molar-refractivity contribution in [1.82, 2.24) is 20.2 Å². The van der Waals surface area contributed by atoms with Gasteiger partial charge in [-0.15, -0.1) is 5.10 Å². The molecule has 9 nitrogen and oxygen atoms in total. The Hall–Kier alpha value is -2.98. The highest BCUT2D eigenvalue weighted by Gasteiger charge is 2.08. The SMILES string of the molecule is CCOC(=O)/C=C(\C)CCSc1nnnn1-c1ccccc1.COC(=O)/C=C(\C)CCO. The predicted octanol–water partition coefficient (Wildman–Crippen LogP) is 3.14. The standard InChI is InChI=1S/C15H18N4O2S.C7H12O3/c1-3-21-14(20)11-12(2)9-10-22-15-16-17-18-19(15)13-7-5-4-6-8-13;1-6(3-4-8)5-7(9)10-2/h4-8,11H,3,9-10H2,1-2H3;5,8H,3-4H2,1-2H3/b12-11+;6-5+. The van der Waals surface area contributed by atoms with E-state index in [1.54, 1.807) is 30.3 Å². The molecule has 0 aliphatic carbocycles. The van der Waals surface area contributed by atoms with E-state index in [1.807, 2.05) is 37.3 Å². The van der Waals surface area contributed by atoms with Gasteiger partial charge in [-0.2, -0.15) is 4.68 Å². The Morgan fingerprint density at radius 1 is 1.09 bits per heavy atom. The largest absolute Gasteiger partial charge is 0.466 e. The predicted molar refractivity (Wildman–Crippen MR) is 122 cm³/mol. The summed E-state index contributed by atoms with van der Waals surface area (Å²) in [7, 11) is 1.32. The Kier molecular flexibility index (Phi) is 13.3. The molecule has 0 amide bonds. The molecule has 10 heteroatoms. The Labute approximate surface area is 192 Å². The number of benzene rings is 1. The maximum absolute atomic E-state index is 11.3. The second-order valence-corrected chi connectivity index (χ2v) is 7.60. The van der Waals surface area contributed by atoms with E-state index < -0.39 is 0 Å². The summed E-state index contributed by atoms with van der Waals surface area (Å²) in [5.41, 5.74) is 2.73. The van der Waals surface area contributed by atoms with Gasteiger partial charge in [-0.1, -0.05) is 41.1 Å². The second kappa shape index (κ2) is 15.8. The van der Waals surface area contributed by atoms with Crippen molar-refractivity contribution in [1.29, 1.82) is 0 Å². The van der Waals surface area contributed by atoms with Gasteiger partial charge in [0.25, 0.3) is 0 Å². The van der Waals surface area contributed by atoms with Gasteiger partial charge in [0, 0.05) is 24.5 Å². The summed E-state index contributed by atoms with van der Waals surface area (Å²) in [6, 6.07) is 9.73. The van der Waals surface area contributed by atoms with E-state index in [1.165, 1.54) is 19.3 Å². The number of nitrogens with zero attached hydrogens (tertiary/aromatic N) is 4. The molecule has 32 heavy (non-hydrogen) atoms. The van der Waals surface area contributed by atoms with E-state index in [9.17, 15) is 9.59 Å². The van der Waals surface area contributed by atoms with Crippen molar-refractivity contribution in [3.05, 3.63) is 53.6 Å². The van der Waals surface area contributed by atoms with Crippen LogP contribution in [0.15, 0.2) is 58.8 Å². The minimum absolute atomic E-state index is 0.0688. The molecule has 1 N–H and O–H groups in total. The topological polar surface area (TPSA) is 116 Å². The number of aromatic nitrogens is 4. The fourth-order valence-electron chi connectivity index (χ4n) is 2.27. The first-order valence-electron chi connectivity index (χ1n) is 10.1. The molecule has 1 heterocycles. The Bertz CT molecular complexity index is 897. The summed E-state index contributed by atoms with van der Waals surface area (Å²) in [5, 5.41) is 20.9. The highest BCUT2D eigenvalue weighted by atomic mass is 32.2. The summed E-state index contributed by atoms with van der Waals surface area (Å²) < 4.78 is 11.0. The van der Waals surface area contributed by atoms with Crippen LogP contribution < -0.4 is 0 Å². The Morgan fingerprint density at radius 3 is 2.38 bits per heavy atom. The van der Waals surface area contributed by atoms with Crippen LogP contribution in [-0.2, 0) is 19.1 Å². The second-order valence-electron chi connectivity index (χ2n) is 6.54. The van der Waals surface area contributed by atoms with E-state index in [-0.39, 0.29) is 18.5 Å². The van der Waals surface area contributed by atoms with Crippen molar-refractivity contribution in [3.8, 4) is 5.69 Å². The van der Waals surface area contributed by atoms with Gasteiger partial charge < -0.3 is 14.6 Å². The Balaban J connectivity index is 0.000000433.